The van der Waals surface area contributed by atoms with Gasteiger partial charge in [0.2, 0.25) is 9.84 Å². The van der Waals surface area contributed by atoms with Gasteiger partial charge < -0.3 is 4.57 Å². The maximum atomic E-state index is 13.1. The van der Waals surface area contributed by atoms with E-state index in [-0.39, 0.29) is 17.1 Å². The van der Waals surface area contributed by atoms with E-state index in [2.05, 4.69) is 0 Å². The molecule has 0 aliphatic carbocycles. The van der Waals surface area contributed by atoms with Crippen LogP contribution < -0.4 is 11.2 Å². The average molecular weight is 433 g/mol. The largest absolute Gasteiger partial charge is 0.416 e. The third kappa shape index (κ3) is 4.15. The topological polar surface area (TPSA) is 102 Å². The summed E-state index contributed by atoms with van der Waals surface area (Å²) >= 11 is 0.884. The van der Waals surface area contributed by atoms with Crippen molar-refractivity contribution in [1.82, 2.24) is 9.13 Å². The first kappa shape index (κ1) is 21.8. The molecule has 0 radical (unpaired) electrons. The Bertz CT molecular complexity index is 1180. The number of benzene rings is 1. The third-order valence-corrected chi connectivity index (χ3v) is 6.72. The fraction of sp³-hybridized carbons (Fsp3) is 0.312. The minimum absolute atomic E-state index is 0.0286. The van der Waals surface area contributed by atoms with E-state index in [0.29, 0.717) is 10.6 Å². The molecule has 0 aliphatic rings. The van der Waals surface area contributed by atoms with Crippen LogP contribution in [0.15, 0.2) is 48.7 Å². The fourth-order valence-corrected chi connectivity index (χ4v) is 5.10. The van der Waals surface area contributed by atoms with Crippen molar-refractivity contribution in [3.8, 4) is 6.07 Å². The van der Waals surface area contributed by atoms with Crippen molar-refractivity contribution in [3.05, 3.63) is 50.8 Å². The van der Waals surface area contributed by atoms with Gasteiger partial charge in [0.25, 0.3) is 5.56 Å². The quantitative estimate of drug-likeness (QED) is 0.528. The Labute approximate surface area is 161 Å². The lowest BCUT2D eigenvalue weighted by Gasteiger charge is -2.14. The number of thioether (sulfide) groups is 1. The van der Waals surface area contributed by atoms with Crippen LogP contribution in [0.25, 0.3) is 0 Å². The highest BCUT2D eigenvalue weighted by Crippen LogP contribution is 2.36. The van der Waals surface area contributed by atoms with Crippen LogP contribution in [0.1, 0.15) is 12.0 Å². The van der Waals surface area contributed by atoms with Gasteiger partial charge in [-0.3, -0.25) is 9.36 Å². The Morgan fingerprint density at radius 1 is 1.18 bits per heavy atom. The first-order chi connectivity index (χ1) is 12.9. The van der Waals surface area contributed by atoms with E-state index < -0.39 is 42.6 Å². The van der Waals surface area contributed by atoms with Crippen molar-refractivity contribution >= 4 is 21.6 Å². The van der Waals surface area contributed by atoms with Crippen LogP contribution in [0.3, 0.4) is 0 Å². The van der Waals surface area contributed by atoms with Crippen LogP contribution in [0.4, 0.5) is 13.2 Å². The zero-order valence-electron chi connectivity index (χ0n) is 14.6. The zero-order chi connectivity index (χ0) is 21.3. The van der Waals surface area contributed by atoms with Gasteiger partial charge in [-0.1, -0.05) is 0 Å². The maximum Gasteiger partial charge on any atom is 0.416 e. The Kier molecular flexibility index (Phi) is 6.10. The van der Waals surface area contributed by atoms with Gasteiger partial charge in [-0.15, -0.1) is 11.8 Å². The second kappa shape index (κ2) is 7.84. The smallest absolute Gasteiger partial charge is 0.302 e. The third-order valence-electron chi connectivity index (χ3n) is 3.74. The van der Waals surface area contributed by atoms with Gasteiger partial charge in [0.1, 0.15) is 0 Å². The SMILES string of the molecule is Cn1cc(S(=O)(=O)c2cc(C(F)(F)F)ccc2SCCC#N)c(=O)n(C)c1=O. The van der Waals surface area contributed by atoms with Gasteiger partial charge in [-0.05, 0) is 18.2 Å². The molecule has 12 heteroatoms. The van der Waals surface area contributed by atoms with Crippen molar-refractivity contribution in [2.24, 2.45) is 14.1 Å². The predicted molar refractivity (Wildman–Crippen MR) is 94.8 cm³/mol. The number of hydrogen-bond acceptors (Lipinski definition) is 6. The Hall–Kier alpha value is -2.52. The number of aryl methyl sites for hydroxylation is 1. The highest BCUT2D eigenvalue weighted by Gasteiger charge is 2.34. The first-order valence-corrected chi connectivity index (χ1v) is 10.1. The normalized spacial score (nSPS) is 12.0. The highest BCUT2D eigenvalue weighted by molar-refractivity contribution is 8.00. The average Bonchev–Trinajstić information content (AvgIpc) is 2.62. The summed E-state index contributed by atoms with van der Waals surface area (Å²) < 4.78 is 66.8. The molecule has 0 spiro atoms. The van der Waals surface area contributed by atoms with Crippen molar-refractivity contribution in [2.45, 2.75) is 27.3 Å². The zero-order valence-corrected chi connectivity index (χ0v) is 16.3. The van der Waals surface area contributed by atoms with Crippen molar-refractivity contribution < 1.29 is 21.6 Å². The number of hydrogen-bond donors (Lipinski definition) is 0. The molecule has 7 nitrogen and oxygen atoms in total. The molecule has 28 heavy (non-hydrogen) atoms. The number of halogens is 3. The second-order valence-corrected chi connectivity index (χ2v) is 8.69. The maximum absolute atomic E-state index is 13.1. The van der Waals surface area contributed by atoms with Gasteiger partial charge in [-0.2, -0.15) is 18.4 Å². The minimum atomic E-state index is -4.80. The molecule has 1 aromatic heterocycles. The molecular formula is C16H14F3N3O4S2. The monoisotopic (exact) mass is 433 g/mol. The predicted octanol–water partition coefficient (Wildman–Crippen LogP) is 1.94. The van der Waals surface area contributed by atoms with E-state index in [1.807, 2.05) is 6.07 Å². The number of alkyl halides is 3. The lowest BCUT2D eigenvalue weighted by Crippen LogP contribution is -2.39. The van der Waals surface area contributed by atoms with Crippen molar-refractivity contribution in [3.63, 3.8) is 0 Å². The van der Waals surface area contributed by atoms with Crippen LogP contribution in [-0.4, -0.2) is 23.3 Å². The van der Waals surface area contributed by atoms with Crippen LogP contribution in [0.5, 0.6) is 0 Å². The summed E-state index contributed by atoms with van der Waals surface area (Å²) in [4.78, 5) is 22.5. The van der Waals surface area contributed by atoms with E-state index in [4.69, 9.17) is 5.26 Å². The number of nitrogens with zero attached hydrogens (tertiary/aromatic N) is 3. The second-order valence-electron chi connectivity index (χ2n) is 5.67. The summed E-state index contributed by atoms with van der Waals surface area (Å²) in [7, 11) is -2.39. The molecule has 0 saturated carbocycles. The lowest BCUT2D eigenvalue weighted by molar-refractivity contribution is -0.137. The molecule has 0 atom stereocenters. The summed E-state index contributed by atoms with van der Waals surface area (Å²) in [5.74, 6) is 0.148. The van der Waals surface area contributed by atoms with E-state index in [9.17, 15) is 31.2 Å². The summed E-state index contributed by atoms with van der Waals surface area (Å²) in [6.07, 6.45) is -3.97. The number of nitriles is 1. The Morgan fingerprint density at radius 3 is 2.39 bits per heavy atom. The molecular weight excluding hydrogens is 419 g/mol. The van der Waals surface area contributed by atoms with Crippen LogP contribution in [-0.2, 0) is 30.1 Å². The van der Waals surface area contributed by atoms with Crippen LogP contribution >= 0.6 is 11.8 Å². The molecule has 150 valence electrons. The molecule has 0 N–H and O–H groups in total. The number of sulfone groups is 1. The summed E-state index contributed by atoms with van der Waals surface area (Å²) in [5, 5.41) is 8.62. The molecule has 0 bridgehead atoms. The van der Waals surface area contributed by atoms with Gasteiger partial charge >= 0.3 is 11.9 Å². The van der Waals surface area contributed by atoms with Gasteiger partial charge in [-0.25, -0.2) is 13.2 Å². The van der Waals surface area contributed by atoms with E-state index in [0.717, 1.165) is 41.7 Å². The van der Waals surface area contributed by atoms with Gasteiger partial charge in [0, 0.05) is 37.4 Å². The highest BCUT2D eigenvalue weighted by atomic mass is 32.2. The molecule has 0 unspecified atom stereocenters. The molecule has 0 aliphatic heterocycles. The standard InChI is InChI=1S/C16H14F3N3O4S2/c1-21-9-13(14(23)22(2)15(21)24)28(25,26)12-8-10(16(17,18)19)4-5-11(12)27-7-3-6-20/h4-5,8-9H,3,7H2,1-2H3. The van der Waals surface area contributed by atoms with Crippen LogP contribution in [0.2, 0.25) is 0 Å². The minimum Gasteiger partial charge on any atom is -0.302 e. The van der Waals surface area contributed by atoms with E-state index >= 15 is 0 Å². The summed E-state index contributed by atoms with van der Waals surface area (Å²) in [6.45, 7) is 0. The fourth-order valence-electron chi connectivity index (χ4n) is 2.30. The van der Waals surface area contributed by atoms with Crippen molar-refractivity contribution in [2.75, 3.05) is 5.75 Å². The molecule has 2 rings (SSSR count). The lowest BCUT2D eigenvalue weighted by atomic mass is 10.2. The first-order valence-electron chi connectivity index (χ1n) is 7.64. The Morgan fingerprint density at radius 2 is 1.82 bits per heavy atom. The van der Waals surface area contributed by atoms with Gasteiger partial charge in [0.05, 0.1) is 16.5 Å². The molecule has 0 amide bonds. The molecule has 0 saturated heterocycles. The molecule has 1 heterocycles. The number of aromatic nitrogens is 2. The molecule has 0 fully saturated rings. The van der Waals surface area contributed by atoms with E-state index in [1.54, 1.807) is 0 Å². The van der Waals surface area contributed by atoms with Crippen LogP contribution in [0, 0.1) is 11.3 Å². The summed E-state index contributed by atoms with van der Waals surface area (Å²) in [5.41, 5.74) is -3.12. The Balaban J connectivity index is 2.78. The molecule has 1 aromatic carbocycles. The summed E-state index contributed by atoms with van der Waals surface area (Å²) in [6, 6.07) is 4.02. The van der Waals surface area contributed by atoms with E-state index in [1.165, 1.54) is 7.05 Å². The van der Waals surface area contributed by atoms with Gasteiger partial charge in [0.15, 0.2) is 4.90 Å². The number of rotatable bonds is 5. The van der Waals surface area contributed by atoms with Crippen molar-refractivity contribution in [1.29, 1.82) is 5.26 Å². The molecule has 2 aromatic rings.